The normalized spacial score (nSPS) is 21.9. The molecule has 0 aliphatic carbocycles. The maximum atomic E-state index is 12.0. The third-order valence-electron chi connectivity index (χ3n) is 3.43. The van der Waals surface area contributed by atoms with Crippen LogP contribution in [0.15, 0.2) is 24.3 Å². The van der Waals surface area contributed by atoms with Crippen molar-refractivity contribution < 1.29 is 14.3 Å². The molecule has 5 nitrogen and oxygen atoms in total. The molecule has 1 fully saturated rings. The number of carbonyl (C=O) groups is 1. The molecular weight excluding hydrogens is 256 g/mol. The molecule has 110 valence electrons. The Labute approximate surface area is 119 Å². The second-order valence-electron chi connectivity index (χ2n) is 5.03. The van der Waals surface area contributed by atoms with Gasteiger partial charge in [0.1, 0.15) is 6.10 Å². The Morgan fingerprint density at radius 3 is 2.95 bits per heavy atom. The summed E-state index contributed by atoms with van der Waals surface area (Å²) in [6, 6.07) is 7.98. The fraction of sp³-hybridized carbons (Fsp3) is 0.533. The van der Waals surface area contributed by atoms with Crippen molar-refractivity contribution in [1.29, 1.82) is 0 Å². The molecule has 1 aliphatic heterocycles. The number of nitrogens with one attached hydrogen (secondary N) is 1. The third-order valence-corrected chi connectivity index (χ3v) is 3.43. The van der Waals surface area contributed by atoms with Gasteiger partial charge in [0.2, 0.25) is 5.91 Å². The van der Waals surface area contributed by atoms with Crippen molar-refractivity contribution >= 4 is 5.91 Å². The number of carbonyl (C=O) groups excluding carboxylic acids is 1. The first-order chi connectivity index (χ1) is 9.72. The van der Waals surface area contributed by atoms with Crippen LogP contribution in [0.2, 0.25) is 0 Å². The SMILES string of the molecule is COCc1cccc(CNC(=O)[C@@H]2CC[C@H](CN)O2)c1. The zero-order valence-electron chi connectivity index (χ0n) is 11.8. The van der Waals surface area contributed by atoms with Crippen molar-refractivity contribution in [3.63, 3.8) is 0 Å². The van der Waals surface area contributed by atoms with Crippen LogP contribution in [0, 0.1) is 0 Å². The van der Waals surface area contributed by atoms with Crippen LogP contribution >= 0.6 is 0 Å². The van der Waals surface area contributed by atoms with E-state index in [2.05, 4.69) is 5.32 Å². The summed E-state index contributed by atoms with van der Waals surface area (Å²) >= 11 is 0. The van der Waals surface area contributed by atoms with E-state index in [1.807, 2.05) is 24.3 Å². The van der Waals surface area contributed by atoms with Crippen LogP contribution in [0.4, 0.5) is 0 Å². The Morgan fingerprint density at radius 1 is 1.45 bits per heavy atom. The predicted molar refractivity (Wildman–Crippen MR) is 76.0 cm³/mol. The van der Waals surface area contributed by atoms with Gasteiger partial charge in [-0.25, -0.2) is 0 Å². The molecule has 0 saturated carbocycles. The maximum Gasteiger partial charge on any atom is 0.249 e. The Hall–Kier alpha value is -1.43. The van der Waals surface area contributed by atoms with Crippen LogP contribution < -0.4 is 11.1 Å². The summed E-state index contributed by atoms with van der Waals surface area (Å²) in [5, 5.41) is 2.91. The first-order valence-electron chi connectivity index (χ1n) is 6.93. The highest BCUT2D eigenvalue weighted by atomic mass is 16.5. The molecule has 5 heteroatoms. The number of rotatable bonds is 6. The fourth-order valence-corrected chi connectivity index (χ4v) is 2.37. The molecule has 1 amide bonds. The lowest BCUT2D eigenvalue weighted by molar-refractivity contribution is -0.132. The van der Waals surface area contributed by atoms with Gasteiger partial charge in [0, 0.05) is 20.2 Å². The molecule has 1 aromatic rings. The van der Waals surface area contributed by atoms with Crippen LogP contribution in [0.3, 0.4) is 0 Å². The van der Waals surface area contributed by atoms with Crippen LogP contribution in [-0.2, 0) is 27.4 Å². The van der Waals surface area contributed by atoms with Crippen LogP contribution in [0.5, 0.6) is 0 Å². The number of hydrogen-bond donors (Lipinski definition) is 2. The summed E-state index contributed by atoms with van der Waals surface area (Å²) in [6.07, 6.45) is 1.27. The lowest BCUT2D eigenvalue weighted by Gasteiger charge is -2.13. The highest BCUT2D eigenvalue weighted by Gasteiger charge is 2.29. The van der Waals surface area contributed by atoms with Gasteiger partial charge in [0.05, 0.1) is 12.7 Å². The second kappa shape index (κ2) is 7.38. The molecule has 0 radical (unpaired) electrons. The van der Waals surface area contributed by atoms with Crippen LogP contribution in [-0.4, -0.2) is 31.8 Å². The first-order valence-corrected chi connectivity index (χ1v) is 6.93. The van der Waals surface area contributed by atoms with Gasteiger partial charge in [-0.1, -0.05) is 24.3 Å². The lowest BCUT2D eigenvalue weighted by atomic mass is 10.1. The molecule has 2 atom stereocenters. The first kappa shape index (κ1) is 15.0. The van der Waals surface area contributed by atoms with Gasteiger partial charge in [-0.2, -0.15) is 0 Å². The molecule has 1 aromatic carbocycles. The average Bonchev–Trinajstić information content (AvgIpc) is 2.94. The van der Waals surface area contributed by atoms with Gasteiger partial charge in [0.15, 0.2) is 0 Å². The van der Waals surface area contributed by atoms with E-state index in [-0.39, 0.29) is 18.1 Å². The van der Waals surface area contributed by atoms with Crippen molar-refractivity contribution in [2.45, 2.75) is 38.2 Å². The van der Waals surface area contributed by atoms with E-state index in [0.29, 0.717) is 19.7 Å². The Kier molecular flexibility index (Phi) is 5.52. The monoisotopic (exact) mass is 278 g/mol. The van der Waals surface area contributed by atoms with E-state index in [9.17, 15) is 4.79 Å². The largest absolute Gasteiger partial charge is 0.380 e. The molecule has 0 spiro atoms. The molecule has 1 aliphatic rings. The molecule has 20 heavy (non-hydrogen) atoms. The summed E-state index contributed by atoms with van der Waals surface area (Å²) in [5.41, 5.74) is 7.69. The number of nitrogens with two attached hydrogens (primary N) is 1. The smallest absolute Gasteiger partial charge is 0.249 e. The van der Waals surface area contributed by atoms with Gasteiger partial charge in [0.25, 0.3) is 0 Å². The number of hydrogen-bond acceptors (Lipinski definition) is 4. The van der Waals surface area contributed by atoms with E-state index in [4.69, 9.17) is 15.2 Å². The molecule has 1 heterocycles. The average molecular weight is 278 g/mol. The Balaban J connectivity index is 1.82. The van der Waals surface area contributed by atoms with Crippen molar-refractivity contribution in [3.05, 3.63) is 35.4 Å². The van der Waals surface area contributed by atoms with Crippen LogP contribution in [0.1, 0.15) is 24.0 Å². The summed E-state index contributed by atoms with van der Waals surface area (Å²) in [5.74, 6) is -0.0573. The van der Waals surface area contributed by atoms with Crippen molar-refractivity contribution in [3.8, 4) is 0 Å². The van der Waals surface area contributed by atoms with Crippen molar-refractivity contribution in [2.24, 2.45) is 5.73 Å². The zero-order valence-corrected chi connectivity index (χ0v) is 11.8. The molecule has 3 N–H and O–H groups in total. The molecule has 1 saturated heterocycles. The maximum absolute atomic E-state index is 12.0. The van der Waals surface area contributed by atoms with Gasteiger partial charge >= 0.3 is 0 Å². The third kappa shape index (κ3) is 4.03. The zero-order chi connectivity index (χ0) is 14.4. The molecule has 0 bridgehead atoms. The van der Waals surface area contributed by atoms with E-state index in [1.54, 1.807) is 7.11 Å². The topological polar surface area (TPSA) is 73.6 Å². The summed E-state index contributed by atoms with van der Waals surface area (Å²) in [6.45, 7) is 1.55. The van der Waals surface area contributed by atoms with Gasteiger partial charge < -0.3 is 20.5 Å². The van der Waals surface area contributed by atoms with Crippen molar-refractivity contribution in [1.82, 2.24) is 5.32 Å². The fourth-order valence-electron chi connectivity index (χ4n) is 2.37. The highest BCUT2D eigenvalue weighted by molar-refractivity contribution is 5.81. The van der Waals surface area contributed by atoms with Gasteiger partial charge in [-0.05, 0) is 24.0 Å². The minimum atomic E-state index is -0.356. The number of methoxy groups -OCH3 is 1. The minimum Gasteiger partial charge on any atom is -0.380 e. The Bertz CT molecular complexity index is 450. The number of ether oxygens (including phenoxy) is 2. The van der Waals surface area contributed by atoms with E-state index in [1.165, 1.54) is 0 Å². The van der Waals surface area contributed by atoms with E-state index >= 15 is 0 Å². The van der Waals surface area contributed by atoms with Crippen LogP contribution in [0.25, 0.3) is 0 Å². The lowest BCUT2D eigenvalue weighted by Crippen LogP contribution is -2.35. The highest BCUT2D eigenvalue weighted by Crippen LogP contribution is 2.19. The summed E-state index contributed by atoms with van der Waals surface area (Å²) in [4.78, 5) is 12.0. The summed E-state index contributed by atoms with van der Waals surface area (Å²) < 4.78 is 10.7. The standard InChI is InChI=1S/C15H22N2O3/c1-19-10-12-4-2-3-11(7-12)9-17-15(18)14-6-5-13(8-16)20-14/h2-4,7,13-14H,5-6,8-10,16H2,1H3,(H,17,18)/t13-,14+/m1/s1. The van der Waals surface area contributed by atoms with Crippen molar-refractivity contribution in [2.75, 3.05) is 13.7 Å². The quantitative estimate of drug-likeness (QED) is 0.812. The number of amides is 1. The Morgan fingerprint density at radius 2 is 2.25 bits per heavy atom. The molecule has 0 aromatic heterocycles. The molecular formula is C15H22N2O3. The van der Waals surface area contributed by atoms with Gasteiger partial charge in [-0.3, -0.25) is 4.79 Å². The summed E-state index contributed by atoms with van der Waals surface area (Å²) in [7, 11) is 1.67. The van der Waals surface area contributed by atoms with E-state index in [0.717, 1.165) is 24.0 Å². The van der Waals surface area contributed by atoms with E-state index < -0.39 is 0 Å². The predicted octanol–water partition coefficient (Wildman–Crippen LogP) is 0.956. The minimum absolute atomic E-state index is 0.0239. The number of benzene rings is 1. The van der Waals surface area contributed by atoms with Gasteiger partial charge in [-0.15, -0.1) is 0 Å². The second-order valence-corrected chi connectivity index (χ2v) is 5.03. The molecule has 2 rings (SSSR count). The molecule has 0 unspecified atom stereocenters.